The molecule has 0 aliphatic carbocycles. The van der Waals surface area contributed by atoms with Crippen LogP contribution >= 0.6 is 0 Å². The van der Waals surface area contributed by atoms with Crippen molar-refractivity contribution in [2.75, 3.05) is 0 Å². The summed E-state index contributed by atoms with van der Waals surface area (Å²) in [5.41, 5.74) is 0.352. The van der Waals surface area contributed by atoms with Crippen LogP contribution in [0.4, 0.5) is 0 Å². The Labute approximate surface area is 163 Å². The minimum Gasteiger partial charge on any atom is -0.478 e. The van der Waals surface area contributed by atoms with E-state index in [0.29, 0.717) is 23.8 Å². The van der Waals surface area contributed by atoms with Gasteiger partial charge in [-0.2, -0.15) is 0 Å². The van der Waals surface area contributed by atoms with E-state index in [1.165, 1.54) is 89.9 Å². The lowest BCUT2D eigenvalue weighted by Gasteiger charge is -2.19. The van der Waals surface area contributed by atoms with Gasteiger partial charge < -0.3 is 5.11 Å². The van der Waals surface area contributed by atoms with Crippen molar-refractivity contribution in [1.29, 1.82) is 0 Å². The van der Waals surface area contributed by atoms with Crippen LogP contribution in [-0.2, 0) is 4.79 Å². The molecule has 0 heterocycles. The van der Waals surface area contributed by atoms with Crippen molar-refractivity contribution in [1.82, 2.24) is 0 Å². The van der Waals surface area contributed by atoms with Crippen LogP contribution in [-0.4, -0.2) is 11.1 Å². The standard InChI is InChI=1S/C24H46O2/c1-5-6-7-8-9-10-11-12-13-14-15-16-17-18-21(2)22(3)19-20-23(4)24(25)26/h21-22H,4-20H2,1-3H3,(H,25,26). The lowest BCUT2D eigenvalue weighted by molar-refractivity contribution is -0.132. The van der Waals surface area contributed by atoms with E-state index in [2.05, 4.69) is 27.4 Å². The van der Waals surface area contributed by atoms with Crippen LogP contribution in [0.25, 0.3) is 0 Å². The second-order valence-corrected chi connectivity index (χ2v) is 8.43. The molecule has 2 nitrogen and oxygen atoms in total. The van der Waals surface area contributed by atoms with Crippen LogP contribution in [0.1, 0.15) is 124 Å². The summed E-state index contributed by atoms with van der Waals surface area (Å²) < 4.78 is 0. The molecule has 0 aliphatic heterocycles. The van der Waals surface area contributed by atoms with Gasteiger partial charge in [-0.1, -0.05) is 117 Å². The van der Waals surface area contributed by atoms with Crippen LogP contribution in [0.15, 0.2) is 12.2 Å². The number of carbonyl (C=O) groups is 1. The van der Waals surface area contributed by atoms with E-state index in [-0.39, 0.29) is 0 Å². The molecule has 0 saturated heterocycles. The molecule has 0 amide bonds. The second kappa shape index (κ2) is 17.6. The normalized spacial score (nSPS) is 13.5. The van der Waals surface area contributed by atoms with Crippen LogP contribution in [0, 0.1) is 11.8 Å². The summed E-state index contributed by atoms with van der Waals surface area (Å²) >= 11 is 0. The zero-order valence-corrected chi connectivity index (χ0v) is 18.0. The zero-order valence-electron chi connectivity index (χ0n) is 18.0. The Balaban J connectivity index is 3.38. The molecule has 0 aromatic heterocycles. The maximum atomic E-state index is 10.8. The van der Waals surface area contributed by atoms with Crippen LogP contribution in [0.2, 0.25) is 0 Å². The predicted octanol–water partition coefficient (Wildman–Crippen LogP) is 8.16. The molecule has 2 atom stereocenters. The van der Waals surface area contributed by atoms with E-state index in [0.717, 1.165) is 6.42 Å². The Hall–Kier alpha value is -0.790. The fourth-order valence-electron chi connectivity index (χ4n) is 3.56. The lowest BCUT2D eigenvalue weighted by atomic mass is 9.86. The number of hydrogen-bond acceptors (Lipinski definition) is 1. The fraction of sp³-hybridized carbons (Fsp3) is 0.875. The van der Waals surface area contributed by atoms with Crippen LogP contribution < -0.4 is 0 Å². The molecule has 0 radical (unpaired) electrons. The molecule has 154 valence electrons. The molecule has 0 aromatic rings. The average Bonchev–Trinajstić information content (AvgIpc) is 2.62. The van der Waals surface area contributed by atoms with Crippen molar-refractivity contribution in [2.24, 2.45) is 11.8 Å². The first kappa shape index (κ1) is 25.2. The Morgan fingerprint density at radius 2 is 1.12 bits per heavy atom. The highest BCUT2D eigenvalue weighted by molar-refractivity contribution is 5.85. The van der Waals surface area contributed by atoms with Gasteiger partial charge in [-0.05, 0) is 24.7 Å². The van der Waals surface area contributed by atoms with Crippen molar-refractivity contribution in [2.45, 2.75) is 124 Å². The summed E-state index contributed by atoms with van der Waals surface area (Å²) in [6.45, 7) is 10.5. The number of carboxylic acid groups (broad SMARTS) is 1. The van der Waals surface area contributed by atoms with Crippen molar-refractivity contribution in [3.8, 4) is 0 Å². The summed E-state index contributed by atoms with van der Waals surface area (Å²) in [6, 6.07) is 0. The molecule has 0 fully saturated rings. The van der Waals surface area contributed by atoms with E-state index in [4.69, 9.17) is 5.11 Å². The van der Waals surface area contributed by atoms with Crippen molar-refractivity contribution in [3.63, 3.8) is 0 Å². The number of unbranched alkanes of at least 4 members (excludes halogenated alkanes) is 12. The molecule has 0 aromatic carbocycles. The van der Waals surface area contributed by atoms with Gasteiger partial charge in [0.2, 0.25) is 0 Å². The number of hydrogen-bond donors (Lipinski definition) is 1. The predicted molar refractivity (Wildman–Crippen MR) is 115 cm³/mol. The molecule has 1 N–H and O–H groups in total. The maximum Gasteiger partial charge on any atom is 0.330 e. The number of aliphatic carboxylic acids is 1. The van der Waals surface area contributed by atoms with Gasteiger partial charge in [0, 0.05) is 5.57 Å². The number of rotatable bonds is 19. The molecule has 2 unspecified atom stereocenters. The van der Waals surface area contributed by atoms with E-state index >= 15 is 0 Å². The van der Waals surface area contributed by atoms with Crippen molar-refractivity contribution < 1.29 is 9.90 Å². The third-order valence-corrected chi connectivity index (χ3v) is 5.94. The fourth-order valence-corrected chi connectivity index (χ4v) is 3.56. The van der Waals surface area contributed by atoms with Gasteiger partial charge in [0.05, 0.1) is 0 Å². The quantitative estimate of drug-likeness (QED) is 0.185. The maximum absolute atomic E-state index is 10.8. The molecular weight excluding hydrogens is 320 g/mol. The summed E-state index contributed by atoms with van der Waals surface area (Å²) in [5, 5.41) is 8.87. The van der Waals surface area contributed by atoms with Crippen molar-refractivity contribution in [3.05, 3.63) is 12.2 Å². The average molecular weight is 367 g/mol. The van der Waals surface area contributed by atoms with E-state index in [9.17, 15) is 4.79 Å². The molecule has 0 bridgehead atoms. The highest BCUT2D eigenvalue weighted by atomic mass is 16.4. The molecule has 0 rings (SSSR count). The number of carboxylic acids is 1. The minimum atomic E-state index is -0.846. The van der Waals surface area contributed by atoms with Crippen LogP contribution in [0.3, 0.4) is 0 Å². The van der Waals surface area contributed by atoms with Crippen molar-refractivity contribution >= 4 is 5.97 Å². The monoisotopic (exact) mass is 366 g/mol. The molecule has 0 saturated carbocycles. The first-order valence-corrected chi connectivity index (χ1v) is 11.4. The summed E-state index contributed by atoms with van der Waals surface area (Å²) in [7, 11) is 0. The summed E-state index contributed by atoms with van der Waals surface area (Å²) in [5.74, 6) is 0.425. The second-order valence-electron chi connectivity index (χ2n) is 8.43. The molecule has 0 spiro atoms. The van der Waals surface area contributed by atoms with Gasteiger partial charge in [-0.25, -0.2) is 4.79 Å². The van der Waals surface area contributed by atoms with E-state index < -0.39 is 5.97 Å². The molecule has 26 heavy (non-hydrogen) atoms. The topological polar surface area (TPSA) is 37.3 Å². The minimum absolute atomic E-state index is 0.352. The van der Waals surface area contributed by atoms with E-state index in [1.807, 2.05) is 0 Å². The summed E-state index contributed by atoms with van der Waals surface area (Å²) in [6.07, 6.45) is 21.1. The molecular formula is C24H46O2. The van der Waals surface area contributed by atoms with Gasteiger partial charge in [0.25, 0.3) is 0 Å². The SMILES string of the molecule is C=C(CCC(C)C(C)CCCCCCCCCCCCCCC)C(=O)O. The van der Waals surface area contributed by atoms with Gasteiger partial charge in [-0.15, -0.1) is 0 Å². The Morgan fingerprint density at radius 3 is 1.54 bits per heavy atom. The zero-order chi connectivity index (χ0) is 19.6. The Bertz CT molecular complexity index is 348. The molecule has 0 aliphatic rings. The Kier molecular flexibility index (Phi) is 17.1. The Morgan fingerprint density at radius 1 is 0.731 bits per heavy atom. The van der Waals surface area contributed by atoms with Gasteiger partial charge in [0.1, 0.15) is 0 Å². The first-order chi connectivity index (χ1) is 12.5. The highest BCUT2D eigenvalue weighted by Crippen LogP contribution is 2.24. The molecule has 2 heteroatoms. The smallest absolute Gasteiger partial charge is 0.330 e. The van der Waals surface area contributed by atoms with Gasteiger partial charge >= 0.3 is 5.97 Å². The first-order valence-electron chi connectivity index (χ1n) is 11.4. The largest absolute Gasteiger partial charge is 0.478 e. The highest BCUT2D eigenvalue weighted by Gasteiger charge is 2.13. The van der Waals surface area contributed by atoms with Gasteiger partial charge in [0.15, 0.2) is 0 Å². The third kappa shape index (κ3) is 15.5. The lowest BCUT2D eigenvalue weighted by Crippen LogP contribution is -2.10. The van der Waals surface area contributed by atoms with Gasteiger partial charge in [-0.3, -0.25) is 0 Å². The van der Waals surface area contributed by atoms with Crippen LogP contribution in [0.5, 0.6) is 0 Å². The van der Waals surface area contributed by atoms with E-state index in [1.54, 1.807) is 0 Å². The summed E-state index contributed by atoms with van der Waals surface area (Å²) in [4.78, 5) is 10.8. The third-order valence-electron chi connectivity index (χ3n) is 5.94.